The van der Waals surface area contributed by atoms with Crippen LogP contribution in [0.2, 0.25) is 0 Å². The first-order valence-corrected chi connectivity index (χ1v) is 19.0. The van der Waals surface area contributed by atoms with Crippen LogP contribution >= 0.6 is 0 Å². The van der Waals surface area contributed by atoms with Crippen LogP contribution in [-0.2, 0) is 18.9 Å². The number of ether oxygens (including phenoxy) is 4. The number of benzene rings is 4. The van der Waals surface area contributed by atoms with Crippen LogP contribution in [0.15, 0.2) is 142 Å². The van der Waals surface area contributed by atoms with Crippen molar-refractivity contribution in [2.45, 2.75) is 0 Å². The minimum Gasteiger partial charge on any atom is -0.452 e. The number of aromatic nitrogens is 4. The van der Waals surface area contributed by atoms with Gasteiger partial charge in [-0.05, 0) is 24.3 Å². The highest BCUT2D eigenvalue weighted by Crippen LogP contribution is 2.18. The van der Waals surface area contributed by atoms with E-state index in [9.17, 15) is 19.2 Å². The molecule has 65 heavy (non-hydrogen) atoms. The number of hydrazone groups is 4. The van der Waals surface area contributed by atoms with E-state index in [0.717, 1.165) is 65.9 Å². The Morgan fingerprint density at radius 1 is 0.385 bits per heavy atom. The molecule has 0 fully saturated rings. The average molecular weight is 887 g/mol. The summed E-state index contributed by atoms with van der Waals surface area (Å²) in [6.07, 6.45) is 11.2. The van der Waals surface area contributed by atoms with Gasteiger partial charge >= 0.3 is 24.4 Å². The molecule has 0 radical (unpaired) electrons. The molecule has 0 unspecified atom stereocenters. The normalized spacial score (nSPS) is 10.6. The van der Waals surface area contributed by atoms with E-state index in [2.05, 4.69) is 81.0 Å². The van der Waals surface area contributed by atoms with Crippen LogP contribution in [0.3, 0.4) is 0 Å². The Labute approximate surface area is 370 Å². The number of methoxy groups -OCH3 is 4. The summed E-state index contributed by atoms with van der Waals surface area (Å²) in [6.45, 7) is 0. The maximum absolute atomic E-state index is 10.7. The van der Waals surface area contributed by atoms with Crippen molar-refractivity contribution in [2.75, 3.05) is 28.4 Å². The number of para-hydroxylation sites is 4. The number of nitrogens with zero attached hydrogens (tertiary/aromatic N) is 4. The Hall–Kier alpha value is -9.24. The largest absolute Gasteiger partial charge is 0.452 e. The second kappa shape index (κ2) is 25.5. The lowest BCUT2D eigenvalue weighted by atomic mass is 10.2. The van der Waals surface area contributed by atoms with E-state index in [1.807, 2.05) is 122 Å². The standard InChI is InChI=1S/4C11H11N3O2.H2O/c4*1-16-11(15)14-13-7-8-6-12-10-5-3-2-4-9(8)10;/h4*2-7,12H,1H3,(H,14,15);1H2/b4*13-7+;. The molecule has 10 N–H and O–H groups in total. The lowest BCUT2D eigenvalue weighted by Gasteiger charge is -1.94. The van der Waals surface area contributed by atoms with Gasteiger partial charge in [-0.25, -0.2) is 40.9 Å². The van der Waals surface area contributed by atoms with Crippen LogP contribution in [0.4, 0.5) is 19.2 Å². The first-order valence-electron chi connectivity index (χ1n) is 19.0. The Morgan fingerprint density at radius 2 is 0.585 bits per heavy atom. The third-order valence-electron chi connectivity index (χ3n) is 8.66. The Bertz CT molecular complexity index is 2520. The van der Waals surface area contributed by atoms with Gasteiger partial charge in [0.25, 0.3) is 0 Å². The van der Waals surface area contributed by atoms with Gasteiger partial charge in [-0.3, -0.25) is 0 Å². The third kappa shape index (κ3) is 14.4. The minimum atomic E-state index is -0.587. The average Bonchev–Trinajstić information content (AvgIpc) is 4.15. The number of hydrogen-bond donors (Lipinski definition) is 8. The van der Waals surface area contributed by atoms with Crippen molar-refractivity contribution in [1.82, 2.24) is 41.6 Å². The molecule has 0 bridgehead atoms. The molecule has 0 spiro atoms. The van der Waals surface area contributed by atoms with Crippen LogP contribution in [0.25, 0.3) is 43.6 Å². The van der Waals surface area contributed by atoms with Gasteiger partial charge < -0.3 is 44.4 Å². The molecule has 21 nitrogen and oxygen atoms in total. The molecule has 0 aliphatic heterocycles. The minimum absolute atomic E-state index is 0. The van der Waals surface area contributed by atoms with Crippen molar-refractivity contribution in [3.8, 4) is 0 Å². The molecule has 0 aliphatic rings. The molecule has 4 heterocycles. The van der Waals surface area contributed by atoms with Crippen molar-refractivity contribution in [2.24, 2.45) is 20.4 Å². The Morgan fingerprint density at radius 3 is 0.785 bits per heavy atom. The first-order chi connectivity index (χ1) is 31.2. The zero-order valence-corrected chi connectivity index (χ0v) is 35.4. The van der Waals surface area contributed by atoms with E-state index in [0.29, 0.717) is 0 Å². The smallest absolute Gasteiger partial charge is 0.427 e. The van der Waals surface area contributed by atoms with Crippen LogP contribution in [0.1, 0.15) is 22.3 Å². The first kappa shape index (κ1) is 48.4. The molecule has 0 saturated carbocycles. The summed E-state index contributed by atoms with van der Waals surface area (Å²) in [5, 5.41) is 19.3. The van der Waals surface area contributed by atoms with E-state index >= 15 is 0 Å². The van der Waals surface area contributed by atoms with E-state index in [1.54, 1.807) is 24.9 Å². The van der Waals surface area contributed by atoms with E-state index < -0.39 is 24.4 Å². The summed E-state index contributed by atoms with van der Waals surface area (Å²) in [5.74, 6) is 0. The number of H-pyrrole nitrogens is 4. The van der Waals surface area contributed by atoms with Crippen molar-refractivity contribution in [3.63, 3.8) is 0 Å². The zero-order chi connectivity index (χ0) is 45.5. The predicted molar refractivity (Wildman–Crippen MR) is 249 cm³/mol. The van der Waals surface area contributed by atoms with Gasteiger partial charge in [0.05, 0.1) is 53.3 Å². The number of carbonyl (C=O) groups excluding carboxylic acids is 4. The summed E-state index contributed by atoms with van der Waals surface area (Å²) in [4.78, 5) is 55.4. The van der Waals surface area contributed by atoms with Crippen molar-refractivity contribution in [1.29, 1.82) is 0 Å². The molecule has 4 aromatic heterocycles. The highest BCUT2D eigenvalue weighted by molar-refractivity contribution is 6.01. The molecule has 0 atom stereocenters. The molecular formula is C44H46N12O9. The molecule has 0 saturated heterocycles. The highest BCUT2D eigenvalue weighted by atomic mass is 16.6. The van der Waals surface area contributed by atoms with Gasteiger partial charge in [0.15, 0.2) is 0 Å². The third-order valence-corrected chi connectivity index (χ3v) is 8.66. The van der Waals surface area contributed by atoms with Crippen molar-refractivity contribution >= 4 is 92.8 Å². The van der Waals surface area contributed by atoms with Crippen molar-refractivity contribution in [3.05, 3.63) is 144 Å². The van der Waals surface area contributed by atoms with E-state index in [1.165, 1.54) is 28.4 Å². The topological polar surface area (TPSA) is 297 Å². The van der Waals surface area contributed by atoms with E-state index in [-0.39, 0.29) is 5.48 Å². The van der Waals surface area contributed by atoms with Gasteiger partial charge in [0.2, 0.25) is 0 Å². The molecule has 8 aromatic rings. The quantitative estimate of drug-likeness (QED) is 0.0466. The lowest BCUT2D eigenvalue weighted by molar-refractivity contribution is 0.170. The summed E-state index contributed by atoms with van der Waals surface area (Å²) >= 11 is 0. The number of amides is 4. The second-order valence-electron chi connectivity index (χ2n) is 12.6. The van der Waals surface area contributed by atoms with Crippen LogP contribution in [0, 0.1) is 0 Å². The molecule has 0 aliphatic carbocycles. The molecule has 8 rings (SSSR count). The zero-order valence-electron chi connectivity index (χ0n) is 35.4. The number of aromatic amines is 4. The van der Waals surface area contributed by atoms with Gasteiger partial charge in [-0.15, -0.1) is 0 Å². The fourth-order valence-corrected chi connectivity index (χ4v) is 5.60. The summed E-state index contributed by atoms with van der Waals surface area (Å²) in [5.41, 5.74) is 16.7. The molecule has 4 aromatic carbocycles. The summed E-state index contributed by atoms with van der Waals surface area (Å²) in [7, 11) is 5.15. The number of fused-ring (bicyclic) bond motifs is 4. The lowest BCUT2D eigenvalue weighted by Crippen LogP contribution is -2.16. The van der Waals surface area contributed by atoms with Crippen LogP contribution in [-0.4, -0.2) is 103 Å². The summed E-state index contributed by atoms with van der Waals surface area (Å²) in [6, 6.07) is 31.4. The molecular weight excluding hydrogens is 841 g/mol. The van der Waals surface area contributed by atoms with Gasteiger partial charge in [-0.2, -0.15) is 20.4 Å². The number of hydrogen-bond acceptors (Lipinski definition) is 12. The van der Waals surface area contributed by atoms with E-state index in [4.69, 9.17) is 0 Å². The molecule has 336 valence electrons. The second-order valence-corrected chi connectivity index (χ2v) is 12.6. The monoisotopic (exact) mass is 886 g/mol. The molecule has 4 amide bonds. The molecule has 21 heteroatoms. The number of rotatable bonds is 8. The predicted octanol–water partition coefficient (Wildman–Crippen LogP) is 6.61. The van der Waals surface area contributed by atoms with Gasteiger partial charge in [0.1, 0.15) is 0 Å². The van der Waals surface area contributed by atoms with Gasteiger partial charge in [-0.1, -0.05) is 72.8 Å². The van der Waals surface area contributed by atoms with Gasteiger partial charge in [0, 0.05) is 90.7 Å². The fraction of sp³-hybridized carbons (Fsp3) is 0.0909. The number of carbonyl (C=O) groups is 4. The summed E-state index contributed by atoms with van der Waals surface area (Å²) < 4.78 is 17.5. The number of nitrogens with one attached hydrogen (secondary N) is 8. The maximum Gasteiger partial charge on any atom is 0.427 e. The van der Waals surface area contributed by atoms with Crippen molar-refractivity contribution < 1.29 is 43.6 Å². The Balaban J connectivity index is 0.000000189. The fourth-order valence-electron chi connectivity index (χ4n) is 5.60. The SMILES string of the molecule is COC(=O)N/N=C/c1c[nH]c2ccccc12.COC(=O)N/N=C/c1c[nH]c2ccccc12.COC(=O)N/N=C/c1c[nH]c2ccccc12.COC(=O)N/N=C/c1c[nH]c2ccccc12.O. The van der Waals surface area contributed by atoms with Crippen LogP contribution < -0.4 is 21.7 Å². The van der Waals surface area contributed by atoms with Crippen LogP contribution in [0.5, 0.6) is 0 Å². The maximum atomic E-state index is 10.7. The Kier molecular flexibility index (Phi) is 19.0. The highest BCUT2D eigenvalue weighted by Gasteiger charge is 2.03.